The lowest BCUT2D eigenvalue weighted by Gasteiger charge is -2.14. The van der Waals surface area contributed by atoms with E-state index < -0.39 is 11.9 Å². The van der Waals surface area contributed by atoms with Crippen LogP contribution in [0.1, 0.15) is 36.7 Å². The Hall–Kier alpha value is -2.43. The molecule has 0 bridgehead atoms. The Labute approximate surface area is 123 Å². The average molecular weight is 285 g/mol. The summed E-state index contributed by atoms with van der Waals surface area (Å²) in [5.41, 5.74) is 6.35. The first-order valence-electron chi connectivity index (χ1n) is 7.07. The number of aromatic nitrogens is 1. The fourth-order valence-electron chi connectivity index (χ4n) is 2.12. The summed E-state index contributed by atoms with van der Waals surface area (Å²) in [6.07, 6.45) is 2.32. The first-order chi connectivity index (χ1) is 10.1. The number of hydrogen-bond acceptors (Lipinski definition) is 3. The lowest BCUT2D eigenvalue weighted by Crippen LogP contribution is -2.44. The van der Waals surface area contributed by atoms with Crippen LogP contribution in [0.15, 0.2) is 36.4 Å². The molecule has 1 heterocycles. The predicted octanol–water partition coefficient (Wildman–Crippen LogP) is 2.01. The van der Waals surface area contributed by atoms with Gasteiger partial charge in [-0.15, -0.1) is 0 Å². The number of pyridine rings is 1. The van der Waals surface area contributed by atoms with Crippen LogP contribution in [0.3, 0.4) is 0 Å². The van der Waals surface area contributed by atoms with Crippen molar-refractivity contribution in [1.29, 1.82) is 0 Å². The van der Waals surface area contributed by atoms with Gasteiger partial charge < -0.3 is 11.1 Å². The first kappa shape index (κ1) is 15.0. The Morgan fingerprint density at radius 2 is 2.00 bits per heavy atom. The molecule has 1 aromatic heterocycles. The van der Waals surface area contributed by atoms with Gasteiger partial charge in [0.25, 0.3) is 5.91 Å². The highest BCUT2D eigenvalue weighted by Crippen LogP contribution is 2.12. The summed E-state index contributed by atoms with van der Waals surface area (Å²) in [5.74, 6) is -0.891. The van der Waals surface area contributed by atoms with Gasteiger partial charge in [0.15, 0.2) is 0 Å². The molecule has 110 valence electrons. The molecule has 0 aliphatic heterocycles. The standard InChI is InChI=1S/C16H19N3O2/c1-2-3-7-13(15(17)20)19-16(21)14-10-9-11-6-4-5-8-12(11)18-14/h4-6,8-10,13H,2-3,7H2,1H3,(H2,17,20)(H,19,21)/t13-/m1/s1. The molecule has 1 aromatic carbocycles. The van der Waals surface area contributed by atoms with Crippen LogP contribution in [-0.4, -0.2) is 22.8 Å². The number of amides is 2. The number of fused-ring (bicyclic) bond motifs is 1. The summed E-state index contributed by atoms with van der Waals surface area (Å²) >= 11 is 0. The maximum Gasteiger partial charge on any atom is 0.270 e. The molecule has 0 spiro atoms. The van der Waals surface area contributed by atoms with Gasteiger partial charge in [-0.1, -0.05) is 44.0 Å². The van der Waals surface area contributed by atoms with Gasteiger partial charge in [-0.25, -0.2) is 4.98 Å². The van der Waals surface area contributed by atoms with Gasteiger partial charge >= 0.3 is 0 Å². The number of para-hydroxylation sites is 1. The Kier molecular flexibility index (Phi) is 4.87. The zero-order valence-corrected chi connectivity index (χ0v) is 12.0. The number of hydrogen-bond donors (Lipinski definition) is 2. The third-order valence-electron chi connectivity index (χ3n) is 3.33. The highest BCUT2D eigenvalue weighted by Gasteiger charge is 2.19. The Morgan fingerprint density at radius 3 is 2.71 bits per heavy atom. The summed E-state index contributed by atoms with van der Waals surface area (Å²) in [5, 5.41) is 3.62. The number of carbonyl (C=O) groups is 2. The SMILES string of the molecule is CCCC[C@@H](NC(=O)c1ccc2ccccc2n1)C(N)=O. The number of carbonyl (C=O) groups excluding carboxylic acids is 2. The minimum atomic E-state index is -0.647. The molecule has 2 aromatic rings. The number of primary amides is 1. The first-order valence-corrected chi connectivity index (χ1v) is 7.07. The zero-order valence-electron chi connectivity index (χ0n) is 12.0. The number of rotatable bonds is 6. The highest BCUT2D eigenvalue weighted by atomic mass is 16.2. The van der Waals surface area contributed by atoms with E-state index in [0.29, 0.717) is 6.42 Å². The molecule has 0 unspecified atom stereocenters. The second-order valence-electron chi connectivity index (χ2n) is 4.96. The Balaban J connectivity index is 2.15. The Bertz CT molecular complexity index is 655. The summed E-state index contributed by atoms with van der Waals surface area (Å²) in [7, 11) is 0. The van der Waals surface area contributed by atoms with E-state index in [1.807, 2.05) is 37.3 Å². The van der Waals surface area contributed by atoms with Gasteiger partial charge in [0.2, 0.25) is 5.91 Å². The fourth-order valence-corrected chi connectivity index (χ4v) is 2.12. The molecule has 2 amide bonds. The molecule has 1 atom stereocenters. The molecule has 0 saturated carbocycles. The van der Waals surface area contributed by atoms with E-state index in [1.54, 1.807) is 6.07 Å². The van der Waals surface area contributed by atoms with E-state index in [2.05, 4.69) is 10.3 Å². The van der Waals surface area contributed by atoms with Crippen molar-refractivity contribution in [2.45, 2.75) is 32.2 Å². The lowest BCUT2D eigenvalue weighted by atomic mass is 10.1. The number of nitrogens with two attached hydrogens (primary N) is 1. The molecule has 2 rings (SSSR count). The van der Waals surface area contributed by atoms with Gasteiger partial charge in [0.1, 0.15) is 11.7 Å². The van der Waals surface area contributed by atoms with E-state index in [0.717, 1.165) is 23.7 Å². The van der Waals surface area contributed by atoms with E-state index >= 15 is 0 Å². The van der Waals surface area contributed by atoms with Crippen molar-refractivity contribution in [2.75, 3.05) is 0 Å². The maximum absolute atomic E-state index is 12.2. The van der Waals surface area contributed by atoms with Crippen LogP contribution in [0.2, 0.25) is 0 Å². The summed E-state index contributed by atoms with van der Waals surface area (Å²) in [6.45, 7) is 2.02. The van der Waals surface area contributed by atoms with Crippen molar-refractivity contribution in [3.8, 4) is 0 Å². The lowest BCUT2D eigenvalue weighted by molar-refractivity contribution is -0.120. The maximum atomic E-state index is 12.2. The van der Waals surface area contributed by atoms with Gasteiger partial charge in [-0.05, 0) is 18.6 Å². The Morgan fingerprint density at radius 1 is 1.24 bits per heavy atom. The second-order valence-corrected chi connectivity index (χ2v) is 4.96. The largest absolute Gasteiger partial charge is 0.368 e. The summed E-state index contributed by atoms with van der Waals surface area (Å²) < 4.78 is 0. The fraction of sp³-hybridized carbons (Fsp3) is 0.312. The monoisotopic (exact) mass is 285 g/mol. The number of unbranched alkanes of at least 4 members (excludes halogenated alkanes) is 1. The van der Waals surface area contributed by atoms with Gasteiger partial charge in [0.05, 0.1) is 5.52 Å². The predicted molar refractivity (Wildman–Crippen MR) is 81.7 cm³/mol. The van der Waals surface area contributed by atoms with Gasteiger partial charge in [0, 0.05) is 5.39 Å². The number of nitrogens with zero attached hydrogens (tertiary/aromatic N) is 1. The molecule has 0 radical (unpaired) electrons. The minimum absolute atomic E-state index is 0.288. The van der Waals surface area contributed by atoms with Crippen LogP contribution in [0.5, 0.6) is 0 Å². The quantitative estimate of drug-likeness (QED) is 0.851. The molecule has 21 heavy (non-hydrogen) atoms. The van der Waals surface area contributed by atoms with Crippen molar-refractivity contribution >= 4 is 22.7 Å². The van der Waals surface area contributed by atoms with Crippen molar-refractivity contribution in [3.63, 3.8) is 0 Å². The van der Waals surface area contributed by atoms with Crippen LogP contribution in [-0.2, 0) is 4.79 Å². The smallest absolute Gasteiger partial charge is 0.270 e. The molecular weight excluding hydrogens is 266 g/mol. The van der Waals surface area contributed by atoms with E-state index in [-0.39, 0.29) is 11.6 Å². The van der Waals surface area contributed by atoms with Crippen LogP contribution in [0.25, 0.3) is 10.9 Å². The minimum Gasteiger partial charge on any atom is -0.368 e. The van der Waals surface area contributed by atoms with Gasteiger partial charge in [-0.3, -0.25) is 9.59 Å². The van der Waals surface area contributed by atoms with E-state index in [4.69, 9.17) is 5.73 Å². The molecule has 0 aliphatic carbocycles. The number of benzene rings is 1. The topological polar surface area (TPSA) is 85.1 Å². The molecule has 0 saturated heterocycles. The molecule has 5 nitrogen and oxygen atoms in total. The third-order valence-corrected chi connectivity index (χ3v) is 3.33. The average Bonchev–Trinajstić information content (AvgIpc) is 2.50. The van der Waals surface area contributed by atoms with Crippen molar-refractivity contribution in [2.24, 2.45) is 5.73 Å². The normalized spacial score (nSPS) is 12.0. The zero-order chi connectivity index (χ0) is 15.2. The van der Waals surface area contributed by atoms with E-state index in [1.165, 1.54) is 0 Å². The van der Waals surface area contributed by atoms with Crippen molar-refractivity contribution in [3.05, 3.63) is 42.1 Å². The van der Waals surface area contributed by atoms with E-state index in [9.17, 15) is 9.59 Å². The molecule has 3 N–H and O–H groups in total. The summed E-state index contributed by atoms with van der Waals surface area (Å²) in [4.78, 5) is 27.9. The number of nitrogens with one attached hydrogen (secondary N) is 1. The summed E-state index contributed by atoms with van der Waals surface area (Å²) in [6, 6.07) is 10.4. The van der Waals surface area contributed by atoms with Crippen LogP contribution < -0.4 is 11.1 Å². The third kappa shape index (κ3) is 3.78. The van der Waals surface area contributed by atoms with Crippen LogP contribution >= 0.6 is 0 Å². The molecule has 5 heteroatoms. The molecule has 0 fully saturated rings. The molecule has 0 aliphatic rings. The van der Waals surface area contributed by atoms with Crippen LogP contribution in [0.4, 0.5) is 0 Å². The van der Waals surface area contributed by atoms with Crippen molar-refractivity contribution in [1.82, 2.24) is 10.3 Å². The second kappa shape index (κ2) is 6.83. The van der Waals surface area contributed by atoms with Crippen LogP contribution in [0, 0.1) is 0 Å². The molecular formula is C16H19N3O2. The van der Waals surface area contributed by atoms with Gasteiger partial charge in [-0.2, -0.15) is 0 Å². The highest BCUT2D eigenvalue weighted by molar-refractivity contribution is 5.97. The van der Waals surface area contributed by atoms with Crippen molar-refractivity contribution < 1.29 is 9.59 Å².